The van der Waals surface area contributed by atoms with E-state index in [1.807, 2.05) is 12.1 Å². The van der Waals surface area contributed by atoms with Gasteiger partial charge >= 0.3 is 0 Å². The Morgan fingerprint density at radius 2 is 1.69 bits per heavy atom. The van der Waals surface area contributed by atoms with E-state index >= 15 is 0 Å². The first kappa shape index (κ1) is 24.9. The third-order valence-electron chi connectivity index (χ3n) is 7.30. The zero-order valence-electron chi connectivity index (χ0n) is 19.7. The first-order valence-electron chi connectivity index (χ1n) is 11.6. The molecule has 190 valence electrons. The van der Waals surface area contributed by atoms with E-state index in [9.17, 15) is 13.2 Å². The summed E-state index contributed by atoms with van der Waals surface area (Å²) >= 11 is 6.05. The lowest BCUT2D eigenvalue weighted by Crippen LogP contribution is -2.55. The van der Waals surface area contributed by atoms with Gasteiger partial charge in [-0.05, 0) is 60.0 Å². The Morgan fingerprint density at radius 1 is 1.00 bits per heavy atom. The highest BCUT2D eigenvalue weighted by Crippen LogP contribution is 2.39. The molecular formula is C25H28ClN5O4S. The monoisotopic (exact) mass is 529 g/mol. The van der Waals surface area contributed by atoms with Gasteiger partial charge in [0.25, 0.3) is 0 Å². The number of carbonyl (C=O) groups excluding carboxylic acids is 1. The van der Waals surface area contributed by atoms with Crippen molar-refractivity contribution in [3.8, 4) is 0 Å². The predicted molar refractivity (Wildman–Crippen MR) is 138 cm³/mol. The summed E-state index contributed by atoms with van der Waals surface area (Å²) in [7, 11) is -3.86. The molecule has 36 heavy (non-hydrogen) atoms. The molecule has 3 N–H and O–H groups in total. The van der Waals surface area contributed by atoms with Gasteiger partial charge in [-0.15, -0.1) is 0 Å². The van der Waals surface area contributed by atoms with Gasteiger partial charge in [0.15, 0.2) is 0 Å². The van der Waals surface area contributed by atoms with Gasteiger partial charge in [0.2, 0.25) is 15.9 Å². The van der Waals surface area contributed by atoms with Crippen LogP contribution in [0.1, 0.15) is 12.8 Å². The van der Waals surface area contributed by atoms with Gasteiger partial charge in [0.05, 0.1) is 30.1 Å². The van der Waals surface area contributed by atoms with Gasteiger partial charge in [-0.25, -0.2) is 8.42 Å². The van der Waals surface area contributed by atoms with Crippen molar-refractivity contribution in [3.05, 3.63) is 65.9 Å². The minimum absolute atomic E-state index is 0. The van der Waals surface area contributed by atoms with E-state index in [1.54, 1.807) is 53.7 Å². The highest BCUT2D eigenvalue weighted by Gasteiger charge is 2.52. The summed E-state index contributed by atoms with van der Waals surface area (Å²) in [5.74, 6) is -0.217. The summed E-state index contributed by atoms with van der Waals surface area (Å²) in [5.41, 5.74) is 0.683. The lowest BCUT2D eigenvalue weighted by Gasteiger charge is -2.39. The van der Waals surface area contributed by atoms with Crippen LogP contribution in [-0.4, -0.2) is 73.1 Å². The van der Waals surface area contributed by atoms with Gasteiger partial charge in [-0.3, -0.25) is 9.78 Å². The standard InChI is InChI=1S/C25H25ClN4O4S.H3N/c26-20-3-1-19-14-22(4-2-18(19)13-20)35(32,33)29-15-23(31)30-17-25(34-24(30)16-29)7-11-28(12-8-25)21-5-9-27-10-6-21;/h1-6,9-10,13-14,24H,7-8,11-12,15-17H2;1H3. The fraction of sp³-hybridized carbons (Fsp3) is 0.360. The lowest BCUT2D eigenvalue weighted by molar-refractivity contribution is -0.144. The third kappa shape index (κ3) is 4.33. The summed E-state index contributed by atoms with van der Waals surface area (Å²) in [6.07, 6.45) is 4.54. The predicted octanol–water partition coefficient (Wildman–Crippen LogP) is 3.28. The zero-order chi connectivity index (χ0) is 24.2. The minimum Gasteiger partial charge on any atom is -0.371 e. The number of rotatable bonds is 3. The molecular weight excluding hydrogens is 502 g/mol. The van der Waals surface area contributed by atoms with Crippen molar-refractivity contribution in [2.24, 2.45) is 0 Å². The van der Waals surface area contributed by atoms with Crippen molar-refractivity contribution < 1.29 is 17.9 Å². The maximum absolute atomic E-state index is 13.5. The Bertz CT molecular complexity index is 1400. The summed E-state index contributed by atoms with van der Waals surface area (Å²) in [6.45, 7) is 2.07. The number of hydrogen-bond acceptors (Lipinski definition) is 7. The molecule has 6 rings (SSSR count). The number of amides is 1. The number of piperidine rings is 1. The molecule has 1 amide bonds. The summed E-state index contributed by atoms with van der Waals surface area (Å²) in [6, 6.07) is 14.2. The molecule has 11 heteroatoms. The average Bonchev–Trinajstić information content (AvgIpc) is 3.23. The topological polar surface area (TPSA) is 118 Å². The van der Waals surface area contributed by atoms with Crippen molar-refractivity contribution in [1.29, 1.82) is 0 Å². The fourth-order valence-electron chi connectivity index (χ4n) is 5.36. The number of benzene rings is 2. The Balaban J connectivity index is 0.00000267. The average molecular weight is 530 g/mol. The normalized spacial score (nSPS) is 22.0. The second-order valence-electron chi connectivity index (χ2n) is 9.42. The molecule has 1 aromatic heterocycles. The molecule has 3 saturated heterocycles. The fourth-order valence-corrected chi connectivity index (χ4v) is 6.96. The van der Waals surface area contributed by atoms with Crippen LogP contribution in [0.5, 0.6) is 0 Å². The highest BCUT2D eigenvalue weighted by molar-refractivity contribution is 7.89. The first-order valence-corrected chi connectivity index (χ1v) is 13.5. The molecule has 1 atom stereocenters. The van der Waals surface area contributed by atoms with E-state index in [0.717, 1.165) is 42.4 Å². The third-order valence-corrected chi connectivity index (χ3v) is 9.34. The maximum atomic E-state index is 13.5. The number of ether oxygens (including phenoxy) is 1. The van der Waals surface area contributed by atoms with Crippen molar-refractivity contribution in [2.45, 2.75) is 29.6 Å². The van der Waals surface area contributed by atoms with Gasteiger partial charge in [0.1, 0.15) is 6.23 Å². The molecule has 3 aromatic rings. The Hall–Kier alpha value is -2.76. The quantitative estimate of drug-likeness (QED) is 0.553. The van der Waals surface area contributed by atoms with Crippen LogP contribution in [0.15, 0.2) is 65.8 Å². The summed E-state index contributed by atoms with van der Waals surface area (Å²) in [5, 5.41) is 2.22. The van der Waals surface area contributed by atoms with E-state index < -0.39 is 21.9 Å². The van der Waals surface area contributed by atoms with E-state index in [4.69, 9.17) is 16.3 Å². The molecule has 3 fully saturated rings. The van der Waals surface area contributed by atoms with Gasteiger partial charge in [0, 0.05) is 36.2 Å². The summed E-state index contributed by atoms with van der Waals surface area (Å²) in [4.78, 5) is 21.3. The van der Waals surface area contributed by atoms with E-state index in [-0.39, 0.29) is 30.0 Å². The number of hydrogen-bond donors (Lipinski definition) is 1. The van der Waals surface area contributed by atoms with Crippen molar-refractivity contribution >= 4 is 44.0 Å². The van der Waals surface area contributed by atoms with Crippen LogP contribution in [0.4, 0.5) is 5.69 Å². The molecule has 1 unspecified atom stereocenters. The van der Waals surface area contributed by atoms with Crippen LogP contribution in [0.3, 0.4) is 0 Å². The molecule has 0 radical (unpaired) electrons. The second kappa shape index (κ2) is 9.28. The number of anilines is 1. The van der Waals surface area contributed by atoms with Crippen LogP contribution in [0.2, 0.25) is 5.02 Å². The van der Waals surface area contributed by atoms with Gasteiger partial charge in [-0.2, -0.15) is 4.31 Å². The SMILES string of the molecule is N.O=C1CN(S(=O)(=O)c2ccc3cc(Cl)ccc3c2)CC2OC3(CCN(c4ccncc4)CC3)CN12. The van der Waals surface area contributed by atoms with E-state index in [2.05, 4.69) is 9.88 Å². The highest BCUT2D eigenvalue weighted by atomic mass is 35.5. The number of carbonyl (C=O) groups is 1. The van der Waals surface area contributed by atoms with Crippen LogP contribution < -0.4 is 11.1 Å². The zero-order valence-corrected chi connectivity index (χ0v) is 21.3. The van der Waals surface area contributed by atoms with Crippen LogP contribution in [0, 0.1) is 0 Å². The number of sulfonamides is 1. The molecule has 9 nitrogen and oxygen atoms in total. The number of piperazine rings is 1. The van der Waals surface area contributed by atoms with Crippen LogP contribution >= 0.6 is 11.6 Å². The number of aromatic nitrogens is 1. The molecule has 4 heterocycles. The van der Waals surface area contributed by atoms with E-state index in [0.29, 0.717) is 11.6 Å². The van der Waals surface area contributed by atoms with Crippen LogP contribution in [-0.2, 0) is 19.6 Å². The molecule has 3 aliphatic rings. The largest absolute Gasteiger partial charge is 0.371 e. The molecule has 1 spiro atoms. The Morgan fingerprint density at radius 3 is 2.44 bits per heavy atom. The molecule has 2 aromatic carbocycles. The second-order valence-corrected chi connectivity index (χ2v) is 11.8. The molecule has 0 bridgehead atoms. The number of nitrogens with zero attached hydrogens (tertiary/aromatic N) is 4. The molecule has 0 aliphatic carbocycles. The van der Waals surface area contributed by atoms with Crippen molar-refractivity contribution in [3.63, 3.8) is 0 Å². The van der Waals surface area contributed by atoms with E-state index in [1.165, 1.54) is 4.31 Å². The Labute approximate surface area is 215 Å². The minimum atomic E-state index is -3.86. The maximum Gasteiger partial charge on any atom is 0.243 e. The van der Waals surface area contributed by atoms with Gasteiger partial charge in [-0.1, -0.05) is 23.7 Å². The summed E-state index contributed by atoms with van der Waals surface area (Å²) < 4.78 is 34.6. The van der Waals surface area contributed by atoms with Crippen molar-refractivity contribution in [2.75, 3.05) is 37.6 Å². The number of pyridine rings is 1. The molecule has 0 saturated carbocycles. The Kier molecular flexibility index (Phi) is 6.42. The van der Waals surface area contributed by atoms with Crippen LogP contribution in [0.25, 0.3) is 10.8 Å². The van der Waals surface area contributed by atoms with Gasteiger partial charge < -0.3 is 20.7 Å². The number of fused-ring (bicyclic) bond motifs is 2. The smallest absolute Gasteiger partial charge is 0.243 e. The lowest BCUT2D eigenvalue weighted by atomic mass is 9.91. The van der Waals surface area contributed by atoms with Crippen molar-refractivity contribution in [1.82, 2.24) is 20.3 Å². The number of halogens is 1. The molecule has 3 aliphatic heterocycles. The first-order chi connectivity index (χ1) is 16.8.